The van der Waals surface area contributed by atoms with Gasteiger partial charge in [0.15, 0.2) is 5.16 Å². The monoisotopic (exact) mass is 373 g/mol. The fourth-order valence-electron chi connectivity index (χ4n) is 3.45. The predicted molar refractivity (Wildman–Crippen MR) is 105 cm³/mol. The molecule has 1 amide bonds. The number of ether oxygens (including phenoxy) is 1. The summed E-state index contributed by atoms with van der Waals surface area (Å²) >= 11 is 1.49. The molecule has 2 aromatic rings. The molecule has 0 saturated heterocycles. The molecule has 5 nitrogen and oxygen atoms in total. The highest BCUT2D eigenvalue weighted by molar-refractivity contribution is 7.99. The van der Waals surface area contributed by atoms with Crippen LogP contribution in [0.5, 0.6) is 0 Å². The zero-order valence-corrected chi connectivity index (χ0v) is 16.6. The van der Waals surface area contributed by atoms with Crippen LogP contribution in [0.3, 0.4) is 0 Å². The third-order valence-electron chi connectivity index (χ3n) is 4.98. The second kappa shape index (κ2) is 8.73. The van der Waals surface area contributed by atoms with Gasteiger partial charge < -0.3 is 14.6 Å². The number of benzene rings is 1. The SMILES string of the molecule is COCCn1c(SCC(=O)NC2CCCc3ccccc32)nc(C)c1C. The van der Waals surface area contributed by atoms with Gasteiger partial charge in [0.05, 0.1) is 24.1 Å². The topological polar surface area (TPSA) is 56.1 Å². The minimum Gasteiger partial charge on any atom is -0.383 e. The number of rotatable bonds is 7. The van der Waals surface area contributed by atoms with Crippen molar-refractivity contribution in [1.82, 2.24) is 14.9 Å². The Morgan fingerprint density at radius 1 is 1.38 bits per heavy atom. The van der Waals surface area contributed by atoms with Gasteiger partial charge in [0, 0.05) is 19.3 Å². The maximum Gasteiger partial charge on any atom is 0.230 e. The minimum absolute atomic E-state index is 0.0632. The highest BCUT2D eigenvalue weighted by Gasteiger charge is 2.22. The lowest BCUT2D eigenvalue weighted by Gasteiger charge is -2.26. The van der Waals surface area contributed by atoms with Gasteiger partial charge in [-0.2, -0.15) is 0 Å². The normalized spacial score (nSPS) is 16.3. The molecule has 1 N–H and O–H groups in total. The van der Waals surface area contributed by atoms with E-state index >= 15 is 0 Å². The first-order valence-electron chi connectivity index (χ1n) is 9.12. The summed E-state index contributed by atoms with van der Waals surface area (Å²) in [6, 6.07) is 8.56. The van der Waals surface area contributed by atoms with E-state index in [1.54, 1.807) is 7.11 Å². The third-order valence-corrected chi connectivity index (χ3v) is 5.96. The van der Waals surface area contributed by atoms with Crippen LogP contribution in [0, 0.1) is 13.8 Å². The number of nitrogens with one attached hydrogen (secondary N) is 1. The first-order valence-corrected chi connectivity index (χ1v) is 10.1. The molecule has 1 unspecified atom stereocenters. The number of hydrogen-bond donors (Lipinski definition) is 1. The van der Waals surface area contributed by atoms with Crippen LogP contribution in [-0.2, 0) is 22.5 Å². The average Bonchev–Trinajstić information content (AvgIpc) is 2.92. The van der Waals surface area contributed by atoms with Crippen molar-refractivity contribution in [1.29, 1.82) is 0 Å². The number of imidazole rings is 1. The quantitative estimate of drug-likeness (QED) is 0.756. The van der Waals surface area contributed by atoms with Gasteiger partial charge in [0.25, 0.3) is 0 Å². The molecule has 3 rings (SSSR count). The standard InChI is InChI=1S/C20H27N3O2S/c1-14-15(2)23(11-12-25-3)20(21-14)26-13-19(24)22-18-10-6-8-16-7-4-5-9-17(16)18/h4-5,7,9,18H,6,8,10-13H2,1-3H3,(H,22,24). The Bertz CT molecular complexity index is 772. The first kappa shape index (κ1) is 19.0. The average molecular weight is 374 g/mol. The fraction of sp³-hybridized carbons (Fsp3) is 0.500. The van der Waals surface area contributed by atoms with Crippen molar-refractivity contribution in [3.05, 3.63) is 46.8 Å². The van der Waals surface area contributed by atoms with E-state index in [0.717, 1.165) is 42.4 Å². The molecule has 0 bridgehead atoms. The van der Waals surface area contributed by atoms with E-state index in [4.69, 9.17) is 4.74 Å². The second-order valence-electron chi connectivity index (χ2n) is 6.71. The maximum atomic E-state index is 12.5. The van der Waals surface area contributed by atoms with Gasteiger partial charge in [-0.3, -0.25) is 4.79 Å². The van der Waals surface area contributed by atoms with E-state index in [1.807, 2.05) is 6.92 Å². The summed E-state index contributed by atoms with van der Waals surface area (Å²) in [6.45, 7) is 5.45. The summed E-state index contributed by atoms with van der Waals surface area (Å²) in [5.74, 6) is 0.440. The summed E-state index contributed by atoms with van der Waals surface area (Å²) in [7, 11) is 1.70. The molecule has 6 heteroatoms. The minimum atomic E-state index is 0.0632. The second-order valence-corrected chi connectivity index (χ2v) is 7.65. The van der Waals surface area contributed by atoms with Crippen molar-refractivity contribution in [3.8, 4) is 0 Å². The van der Waals surface area contributed by atoms with Crippen LogP contribution >= 0.6 is 11.8 Å². The highest BCUT2D eigenvalue weighted by atomic mass is 32.2. The summed E-state index contributed by atoms with van der Waals surface area (Å²) in [6.07, 6.45) is 3.23. The van der Waals surface area contributed by atoms with Crippen LogP contribution in [0.4, 0.5) is 0 Å². The van der Waals surface area contributed by atoms with Crippen molar-refractivity contribution >= 4 is 17.7 Å². The molecule has 0 spiro atoms. The number of aryl methyl sites for hydroxylation is 2. The van der Waals surface area contributed by atoms with E-state index in [-0.39, 0.29) is 11.9 Å². The van der Waals surface area contributed by atoms with E-state index in [1.165, 1.54) is 22.9 Å². The Morgan fingerprint density at radius 3 is 3.00 bits per heavy atom. The van der Waals surface area contributed by atoms with Crippen LogP contribution in [0.2, 0.25) is 0 Å². The number of methoxy groups -OCH3 is 1. The summed E-state index contributed by atoms with van der Waals surface area (Å²) in [4.78, 5) is 17.1. The number of carbonyl (C=O) groups is 1. The van der Waals surface area contributed by atoms with Crippen molar-refractivity contribution in [2.24, 2.45) is 0 Å². The Kier molecular flexibility index (Phi) is 6.38. The van der Waals surface area contributed by atoms with E-state index in [0.29, 0.717) is 12.4 Å². The predicted octanol–water partition coefficient (Wildman–Crippen LogP) is 3.43. The number of thioether (sulfide) groups is 1. The lowest BCUT2D eigenvalue weighted by atomic mass is 9.88. The molecular formula is C20H27N3O2S. The van der Waals surface area contributed by atoms with Crippen molar-refractivity contribution in [2.45, 2.75) is 50.9 Å². The smallest absolute Gasteiger partial charge is 0.230 e. The molecular weight excluding hydrogens is 346 g/mol. The molecule has 1 aliphatic rings. The van der Waals surface area contributed by atoms with Crippen LogP contribution in [0.25, 0.3) is 0 Å². The highest BCUT2D eigenvalue weighted by Crippen LogP contribution is 2.29. The molecule has 26 heavy (non-hydrogen) atoms. The molecule has 0 saturated carbocycles. The summed E-state index contributed by atoms with van der Waals surface area (Å²) in [5.41, 5.74) is 4.76. The van der Waals surface area contributed by atoms with Gasteiger partial charge in [-0.25, -0.2) is 4.98 Å². The van der Waals surface area contributed by atoms with Crippen LogP contribution in [-0.4, -0.2) is 34.9 Å². The zero-order valence-electron chi connectivity index (χ0n) is 15.7. The number of amides is 1. The number of hydrogen-bond acceptors (Lipinski definition) is 4. The summed E-state index contributed by atoms with van der Waals surface area (Å²) < 4.78 is 7.32. The van der Waals surface area contributed by atoms with Crippen molar-refractivity contribution < 1.29 is 9.53 Å². The molecule has 1 aromatic carbocycles. The van der Waals surface area contributed by atoms with Gasteiger partial charge in [0.1, 0.15) is 0 Å². The molecule has 1 heterocycles. The van der Waals surface area contributed by atoms with Gasteiger partial charge in [0.2, 0.25) is 5.91 Å². The zero-order chi connectivity index (χ0) is 18.5. The van der Waals surface area contributed by atoms with Gasteiger partial charge in [-0.15, -0.1) is 0 Å². The van der Waals surface area contributed by atoms with Crippen molar-refractivity contribution in [2.75, 3.05) is 19.5 Å². The van der Waals surface area contributed by atoms with Gasteiger partial charge >= 0.3 is 0 Å². The van der Waals surface area contributed by atoms with E-state index < -0.39 is 0 Å². The van der Waals surface area contributed by atoms with Gasteiger partial charge in [-0.1, -0.05) is 36.0 Å². The van der Waals surface area contributed by atoms with E-state index in [2.05, 4.69) is 46.1 Å². The molecule has 140 valence electrons. The lowest BCUT2D eigenvalue weighted by Crippen LogP contribution is -2.32. The number of nitrogens with zero attached hydrogens (tertiary/aromatic N) is 2. The van der Waals surface area contributed by atoms with Gasteiger partial charge in [-0.05, 0) is 44.2 Å². The molecule has 0 aliphatic heterocycles. The lowest BCUT2D eigenvalue weighted by molar-refractivity contribution is -0.119. The maximum absolute atomic E-state index is 12.5. The van der Waals surface area contributed by atoms with Crippen LogP contribution < -0.4 is 5.32 Å². The van der Waals surface area contributed by atoms with Crippen LogP contribution in [0.1, 0.15) is 41.4 Å². The molecule has 0 radical (unpaired) electrons. The van der Waals surface area contributed by atoms with E-state index in [9.17, 15) is 4.79 Å². The van der Waals surface area contributed by atoms with Crippen LogP contribution in [0.15, 0.2) is 29.4 Å². The number of aromatic nitrogens is 2. The molecule has 1 aliphatic carbocycles. The molecule has 1 atom stereocenters. The summed E-state index contributed by atoms with van der Waals surface area (Å²) in [5, 5.41) is 4.09. The third kappa shape index (κ3) is 4.30. The Hall–Kier alpha value is -1.79. The Balaban J connectivity index is 1.61. The van der Waals surface area contributed by atoms with Crippen molar-refractivity contribution in [3.63, 3.8) is 0 Å². The first-order chi connectivity index (χ1) is 12.6. The molecule has 1 aromatic heterocycles. The number of carbonyl (C=O) groups excluding carboxylic acids is 1. The Morgan fingerprint density at radius 2 is 2.19 bits per heavy atom. The molecule has 0 fully saturated rings. The Labute approximate surface area is 159 Å². The number of fused-ring (bicyclic) bond motifs is 1. The largest absolute Gasteiger partial charge is 0.383 e. The fourth-order valence-corrected chi connectivity index (χ4v) is 4.38.